The summed E-state index contributed by atoms with van der Waals surface area (Å²) in [6.45, 7) is 4.97. The molecule has 0 aromatic carbocycles. The zero-order valence-corrected chi connectivity index (χ0v) is 17.4. The van der Waals surface area contributed by atoms with Crippen LogP contribution >= 0.6 is 11.6 Å². The Labute approximate surface area is 170 Å². The standard InChI is InChI=1S/C22H29ClO5/c1-12-8-16-15-5-4-13-9-14(25)6-7-19(13,2)21(15,23)17(26)10-20(16,3)22(12,28)18(27)11-24/h6-7,9,12,15-17,24,26,28H,4-5,8,10-11H2,1-3H3/t12-,15+,16+,17-,19-,20+,21+,22+/m0/s1. The summed E-state index contributed by atoms with van der Waals surface area (Å²) < 4.78 is 0. The van der Waals surface area contributed by atoms with Crippen LogP contribution in [0, 0.1) is 28.6 Å². The molecule has 4 aliphatic rings. The average Bonchev–Trinajstić information content (AvgIpc) is 2.84. The second-order valence-corrected chi connectivity index (χ2v) is 10.4. The second-order valence-electron chi connectivity index (χ2n) is 9.75. The fourth-order valence-electron chi connectivity index (χ4n) is 7.26. The Hall–Kier alpha value is -1.01. The lowest BCUT2D eigenvalue weighted by Gasteiger charge is -2.63. The lowest BCUT2D eigenvalue weighted by atomic mass is 9.45. The number of Topliss-reactive ketones (excluding diaryl/α,β-unsaturated/α-hetero) is 1. The predicted molar refractivity (Wildman–Crippen MR) is 105 cm³/mol. The molecule has 3 fully saturated rings. The molecule has 0 amide bonds. The molecule has 3 N–H and O–H groups in total. The topological polar surface area (TPSA) is 94.8 Å². The number of aliphatic hydroxyl groups excluding tert-OH is 2. The van der Waals surface area contributed by atoms with Crippen molar-refractivity contribution in [3.8, 4) is 0 Å². The number of halogens is 1. The fourth-order valence-corrected chi connectivity index (χ4v) is 7.78. The van der Waals surface area contributed by atoms with Gasteiger partial charge in [0.15, 0.2) is 11.6 Å². The maximum atomic E-state index is 12.6. The largest absolute Gasteiger partial charge is 0.391 e. The van der Waals surface area contributed by atoms with E-state index in [0.29, 0.717) is 19.3 Å². The molecule has 4 rings (SSSR count). The van der Waals surface area contributed by atoms with Crippen LogP contribution in [0.5, 0.6) is 0 Å². The molecule has 6 heteroatoms. The Kier molecular flexibility index (Phi) is 4.35. The third-order valence-electron chi connectivity index (χ3n) is 8.79. The van der Waals surface area contributed by atoms with E-state index in [1.165, 1.54) is 6.08 Å². The monoisotopic (exact) mass is 408 g/mol. The zero-order valence-electron chi connectivity index (χ0n) is 16.6. The Balaban J connectivity index is 1.84. The summed E-state index contributed by atoms with van der Waals surface area (Å²) in [5.41, 5.74) is -2.25. The molecule has 5 nitrogen and oxygen atoms in total. The van der Waals surface area contributed by atoms with Gasteiger partial charge < -0.3 is 15.3 Å². The minimum Gasteiger partial charge on any atom is -0.391 e. The maximum Gasteiger partial charge on any atom is 0.190 e. The predicted octanol–water partition coefficient (Wildman–Crippen LogP) is 2.17. The summed E-state index contributed by atoms with van der Waals surface area (Å²) in [4.78, 5) is 23.5. The van der Waals surface area contributed by atoms with Crippen molar-refractivity contribution in [1.82, 2.24) is 0 Å². The van der Waals surface area contributed by atoms with E-state index in [-0.39, 0.29) is 30.0 Å². The van der Waals surface area contributed by atoms with E-state index >= 15 is 0 Å². The van der Waals surface area contributed by atoms with Crippen LogP contribution in [0.1, 0.15) is 46.5 Å². The highest BCUT2D eigenvalue weighted by molar-refractivity contribution is 6.26. The van der Waals surface area contributed by atoms with Gasteiger partial charge in [-0.1, -0.05) is 32.4 Å². The quantitative estimate of drug-likeness (QED) is 0.608. The van der Waals surface area contributed by atoms with Gasteiger partial charge in [0.25, 0.3) is 0 Å². The molecule has 0 unspecified atom stereocenters. The Morgan fingerprint density at radius 3 is 2.64 bits per heavy atom. The number of hydrogen-bond donors (Lipinski definition) is 3. The van der Waals surface area contributed by atoms with Gasteiger partial charge >= 0.3 is 0 Å². The molecular weight excluding hydrogens is 380 g/mol. The summed E-state index contributed by atoms with van der Waals surface area (Å²) in [5, 5.41) is 32.3. The molecule has 154 valence electrons. The molecule has 28 heavy (non-hydrogen) atoms. The van der Waals surface area contributed by atoms with E-state index in [0.717, 1.165) is 5.57 Å². The molecule has 0 heterocycles. The number of rotatable bonds is 2. The van der Waals surface area contributed by atoms with E-state index in [1.807, 2.05) is 26.8 Å². The van der Waals surface area contributed by atoms with Crippen molar-refractivity contribution in [2.24, 2.45) is 28.6 Å². The number of fused-ring (bicyclic) bond motifs is 5. The van der Waals surface area contributed by atoms with E-state index < -0.39 is 39.8 Å². The van der Waals surface area contributed by atoms with Gasteiger partial charge in [0.1, 0.15) is 12.2 Å². The second kappa shape index (κ2) is 6.00. The van der Waals surface area contributed by atoms with Crippen molar-refractivity contribution >= 4 is 23.2 Å². The van der Waals surface area contributed by atoms with Crippen molar-refractivity contribution in [3.63, 3.8) is 0 Å². The minimum atomic E-state index is -1.68. The first-order valence-electron chi connectivity index (χ1n) is 10.1. The highest BCUT2D eigenvalue weighted by Gasteiger charge is 2.74. The van der Waals surface area contributed by atoms with Crippen LogP contribution in [0.2, 0.25) is 0 Å². The van der Waals surface area contributed by atoms with Gasteiger partial charge in [-0.2, -0.15) is 0 Å². The third-order valence-corrected chi connectivity index (χ3v) is 9.72. The van der Waals surface area contributed by atoms with Crippen molar-refractivity contribution in [1.29, 1.82) is 0 Å². The fraction of sp³-hybridized carbons (Fsp3) is 0.727. The van der Waals surface area contributed by atoms with Gasteiger partial charge in [-0.15, -0.1) is 11.6 Å². The molecular formula is C22H29ClO5. The summed E-state index contributed by atoms with van der Waals surface area (Å²) in [7, 11) is 0. The molecule has 0 aromatic rings. The molecule has 0 bridgehead atoms. The number of carbonyl (C=O) groups is 2. The zero-order chi connectivity index (χ0) is 20.7. The molecule has 0 aliphatic heterocycles. The van der Waals surface area contributed by atoms with E-state index in [1.54, 1.807) is 6.08 Å². The highest BCUT2D eigenvalue weighted by atomic mass is 35.5. The Morgan fingerprint density at radius 1 is 1.32 bits per heavy atom. The van der Waals surface area contributed by atoms with E-state index in [4.69, 9.17) is 11.6 Å². The van der Waals surface area contributed by atoms with E-state index in [2.05, 4.69) is 0 Å². The molecule has 0 radical (unpaired) electrons. The highest BCUT2D eigenvalue weighted by Crippen LogP contribution is 2.71. The first-order valence-corrected chi connectivity index (χ1v) is 10.5. The van der Waals surface area contributed by atoms with E-state index in [9.17, 15) is 24.9 Å². The van der Waals surface area contributed by atoms with Crippen LogP contribution in [-0.4, -0.2) is 50.1 Å². The average molecular weight is 409 g/mol. The molecule has 3 saturated carbocycles. The van der Waals surface area contributed by atoms with Crippen molar-refractivity contribution < 1.29 is 24.9 Å². The number of ketones is 2. The Morgan fingerprint density at radius 2 is 2.00 bits per heavy atom. The van der Waals surface area contributed by atoms with Crippen LogP contribution in [0.3, 0.4) is 0 Å². The first kappa shape index (κ1) is 20.3. The summed E-state index contributed by atoms with van der Waals surface area (Å²) in [6.07, 6.45) is 6.22. The van der Waals surface area contributed by atoms with Gasteiger partial charge in [0.2, 0.25) is 0 Å². The molecule has 0 saturated heterocycles. The summed E-state index contributed by atoms with van der Waals surface area (Å²) >= 11 is 7.30. The van der Waals surface area contributed by atoms with Gasteiger partial charge in [-0.3, -0.25) is 9.59 Å². The summed E-state index contributed by atoms with van der Waals surface area (Å²) in [6, 6.07) is 0. The molecule has 0 aromatic heterocycles. The Bertz CT molecular complexity index is 805. The van der Waals surface area contributed by atoms with Crippen LogP contribution in [-0.2, 0) is 9.59 Å². The maximum absolute atomic E-state index is 12.6. The lowest BCUT2D eigenvalue weighted by Crippen LogP contribution is -2.69. The van der Waals surface area contributed by atoms with Gasteiger partial charge in [0, 0.05) is 10.8 Å². The van der Waals surface area contributed by atoms with Crippen LogP contribution in [0.25, 0.3) is 0 Å². The number of aliphatic hydroxyl groups is 3. The minimum absolute atomic E-state index is 0.0567. The van der Waals surface area contributed by atoms with Crippen LogP contribution in [0.4, 0.5) is 0 Å². The van der Waals surface area contributed by atoms with Crippen molar-refractivity contribution in [3.05, 3.63) is 23.8 Å². The summed E-state index contributed by atoms with van der Waals surface area (Å²) in [5.74, 6) is -1.15. The number of alkyl halides is 1. The molecule has 0 spiro atoms. The number of allylic oxidation sites excluding steroid dienone is 4. The smallest absolute Gasteiger partial charge is 0.190 e. The SMILES string of the molecule is C[C@H]1C[C@@H]2[C@H]3CCC4=CC(=O)C=C[C@]4(C)[C@]3(Cl)[C@@H](O)C[C@@]2(C)[C@]1(O)C(=O)CO. The molecule has 8 atom stereocenters. The van der Waals surface area contributed by atoms with Gasteiger partial charge in [-0.05, 0) is 55.6 Å². The molecule has 4 aliphatic carbocycles. The third kappa shape index (κ3) is 2.09. The number of hydrogen-bond acceptors (Lipinski definition) is 5. The van der Waals surface area contributed by atoms with Crippen molar-refractivity contribution in [2.75, 3.05) is 6.61 Å². The van der Waals surface area contributed by atoms with Gasteiger partial charge in [-0.25, -0.2) is 0 Å². The lowest BCUT2D eigenvalue weighted by molar-refractivity contribution is -0.179. The van der Waals surface area contributed by atoms with Crippen LogP contribution in [0.15, 0.2) is 23.8 Å². The first-order chi connectivity index (χ1) is 13.0. The van der Waals surface area contributed by atoms with Gasteiger partial charge in [0.05, 0.1) is 11.0 Å². The van der Waals surface area contributed by atoms with Crippen molar-refractivity contribution in [2.45, 2.75) is 63.0 Å². The van der Waals surface area contributed by atoms with Crippen LogP contribution < -0.4 is 0 Å². The normalized spacial score (nSPS) is 52.5. The number of carbonyl (C=O) groups excluding carboxylic acids is 2.